The molecule has 3 aliphatic rings. The number of hydrogen-bond acceptors (Lipinski definition) is 4. The Labute approximate surface area is 155 Å². The van der Waals surface area contributed by atoms with Crippen LogP contribution in [0, 0.1) is 12.8 Å². The van der Waals surface area contributed by atoms with Crippen LogP contribution in [0.1, 0.15) is 37.7 Å². The quantitative estimate of drug-likeness (QED) is 0.784. The molecule has 1 saturated carbocycles. The van der Waals surface area contributed by atoms with E-state index >= 15 is 0 Å². The summed E-state index contributed by atoms with van der Waals surface area (Å²) in [6.45, 7) is 5.22. The standard InChI is InChI=1S/C21H29NO4/c1-16-2-6-18(7-3-16)25-15-20(23)22-10-8-21(9-11-22)12-19(14-26-21)24-13-17-4-5-17/h2-3,6-7,17,19H,4-5,8-15H2,1H3/t19-/m0/s1. The number of likely N-dealkylation sites (tertiary alicyclic amines) is 1. The average molecular weight is 359 g/mol. The van der Waals surface area contributed by atoms with Crippen LogP contribution in [0.3, 0.4) is 0 Å². The molecule has 2 heterocycles. The molecule has 1 atom stereocenters. The zero-order chi connectivity index (χ0) is 18.0. The monoisotopic (exact) mass is 359 g/mol. The summed E-state index contributed by atoms with van der Waals surface area (Å²) < 4.78 is 17.7. The van der Waals surface area contributed by atoms with Crippen molar-refractivity contribution in [3.63, 3.8) is 0 Å². The minimum Gasteiger partial charge on any atom is -0.484 e. The minimum atomic E-state index is -0.0805. The van der Waals surface area contributed by atoms with E-state index in [-0.39, 0.29) is 24.2 Å². The van der Waals surface area contributed by atoms with Crippen molar-refractivity contribution in [3.8, 4) is 5.75 Å². The molecule has 0 aromatic heterocycles. The predicted molar refractivity (Wildman–Crippen MR) is 98.3 cm³/mol. The van der Waals surface area contributed by atoms with Gasteiger partial charge >= 0.3 is 0 Å². The Hall–Kier alpha value is -1.59. The molecule has 1 amide bonds. The van der Waals surface area contributed by atoms with E-state index in [0.717, 1.165) is 50.6 Å². The molecule has 0 bridgehead atoms. The van der Waals surface area contributed by atoms with Gasteiger partial charge in [-0.2, -0.15) is 0 Å². The summed E-state index contributed by atoms with van der Waals surface area (Å²) >= 11 is 0. The second-order valence-corrected chi connectivity index (χ2v) is 8.08. The second kappa shape index (κ2) is 7.57. The third-order valence-corrected chi connectivity index (χ3v) is 5.85. The van der Waals surface area contributed by atoms with E-state index in [0.29, 0.717) is 6.61 Å². The van der Waals surface area contributed by atoms with Crippen LogP contribution >= 0.6 is 0 Å². The lowest BCUT2D eigenvalue weighted by atomic mass is 9.88. The highest BCUT2D eigenvalue weighted by atomic mass is 16.6. The molecule has 1 aliphatic carbocycles. The zero-order valence-electron chi connectivity index (χ0n) is 15.6. The molecule has 0 radical (unpaired) electrons. The summed E-state index contributed by atoms with van der Waals surface area (Å²) in [5.41, 5.74) is 1.10. The molecule has 3 fully saturated rings. The number of amides is 1. The number of benzene rings is 1. The Morgan fingerprint density at radius 3 is 2.65 bits per heavy atom. The maximum absolute atomic E-state index is 12.4. The first kappa shape index (κ1) is 17.8. The molecule has 5 nitrogen and oxygen atoms in total. The van der Waals surface area contributed by atoms with Gasteiger partial charge in [-0.1, -0.05) is 17.7 Å². The van der Waals surface area contributed by atoms with Crippen LogP contribution in [0.2, 0.25) is 0 Å². The number of nitrogens with zero attached hydrogens (tertiary/aromatic N) is 1. The second-order valence-electron chi connectivity index (χ2n) is 8.08. The lowest BCUT2D eigenvalue weighted by molar-refractivity contribution is -0.138. The summed E-state index contributed by atoms with van der Waals surface area (Å²) in [6.07, 6.45) is 5.64. The fraction of sp³-hybridized carbons (Fsp3) is 0.667. The van der Waals surface area contributed by atoms with Crippen molar-refractivity contribution in [3.05, 3.63) is 29.8 Å². The van der Waals surface area contributed by atoms with E-state index in [9.17, 15) is 4.79 Å². The van der Waals surface area contributed by atoms with Gasteiger partial charge < -0.3 is 19.1 Å². The van der Waals surface area contributed by atoms with Crippen molar-refractivity contribution < 1.29 is 19.0 Å². The van der Waals surface area contributed by atoms with Crippen LogP contribution in [-0.4, -0.2) is 55.4 Å². The lowest BCUT2D eigenvalue weighted by Gasteiger charge is -2.38. The van der Waals surface area contributed by atoms with Crippen molar-refractivity contribution in [2.75, 3.05) is 32.9 Å². The Balaban J connectivity index is 1.20. The Morgan fingerprint density at radius 1 is 1.23 bits per heavy atom. The smallest absolute Gasteiger partial charge is 0.260 e. The van der Waals surface area contributed by atoms with E-state index in [1.54, 1.807) is 0 Å². The zero-order valence-corrected chi connectivity index (χ0v) is 15.6. The largest absolute Gasteiger partial charge is 0.484 e. The highest BCUT2D eigenvalue weighted by molar-refractivity contribution is 5.77. The molecule has 0 unspecified atom stereocenters. The summed E-state index contributed by atoms with van der Waals surface area (Å²) in [6, 6.07) is 7.79. The normalized spacial score (nSPS) is 24.8. The maximum Gasteiger partial charge on any atom is 0.260 e. The number of hydrogen-bond donors (Lipinski definition) is 0. The first-order valence-electron chi connectivity index (χ1n) is 9.85. The van der Waals surface area contributed by atoms with Gasteiger partial charge in [0.15, 0.2) is 6.61 Å². The molecular formula is C21H29NO4. The SMILES string of the molecule is Cc1ccc(OCC(=O)N2CCC3(CC2)C[C@H](OCC2CC2)CO3)cc1. The average Bonchev–Trinajstić information content (AvgIpc) is 3.41. The van der Waals surface area contributed by atoms with Crippen molar-refractivity contribution in [2.45, 2.75) is 50.7 Å². The molecule has 142 valence electrons. The number of aryl methyl sites for hydroxylation is 1. The minimum absolute atomic E-state index is 0.0555. The highest BCUT2D eigenvalue weighted by Crippen LogP contribution is 2.38. The van der Waals surface area contributed by atoms with Gasteiger partial charge in [0.2, 0.25) is 0 Å². The van der Waals surface area contributed by atoms with Crippen LogP contribution in [0.4, 0.5) is 0 Å². The summed E-state index contributed by atoms with van der Waals surface area (Å²) in [7, 11) is 0. The van der Waals surface area contributed by atoms with Crippen LogP contribution < -0.4 is 4.74 Å². The molecule has 5 heteroatoms. The third-order valence-electron chi connectivity index (χ3n) is 5.85. The fourth-order valence-electron chi connectivity index (χ4n) is 3.85. The van der Waals surface area contributed by atoms with Crippen LogP contribution in [-0.2, 0) is 14.3 Å². The van der Waals surface area contributed by atoms with Gasteiger partial charge in [-0.3, -0.25) is 4.79 Å². The molecule has 1 spiro atoms. The van der Waals surface area contributed by atoms with Gasteiger partial charge in [-0.15, -0.1) is 0 Å². The van der Waals surface area contributed by atoms with E-state index < -0.39 is 0 Å². The van der Waals surface area contributed by atoms with Crippen LogP contribution in [0.5, 0.6) is 5.75 Å². The van der Waals surface area contributed by atoms with Crippen molar-refractivity contribution in [1.29, 1.82) is 0 Å². The maximum atomic E-state index is 12.4. The first-order chi connectivity index (χ1) is 12.6. The molecular weight excluding hydrogens is 330 g/mol. The Morgan fingerprint density at radius 2 is 1.96 bits per heavy atom. The van der Waals surface area contributed by atoms with Gasteiger partial charge in [0.25, 0.3) is 5.91 Å². The summed E-state index contributed by atoms with van der Waals surface area (Å²) in [5.74, 6) is 1.59. The number of carbonyl (C=O) groups excluding carboxylic acids is 1. The summed E-state index contributed by atoms with van der Waals surface area (Å²) in [5, 5.41) is 0. The van der Waals surface area contributed by atoms with Crippen molar-refractivity contribution in [2.24, 2.45) is 5.92 Å². The molecule has 1 aromatic rings. The number of carbonyl (C=O) groups is 1. The van der Waals surface area contributed by atoms with Crippen molar-refractivity contribution >= 4 is 5.91 Å². The lowest BCUT2D eigenvalue weighted by Crippen LogP contribution is -2.47. The Bertz CT molecular complexity index is 617. The summed E-state index contributed by atoms with van der Waals surface area (Å²) in [4.78, 5) is 14.3. The fourth-order valence-corrected chi connectivity index (χ4v) is 3.85. The van der Waals surface area contributed by atoms with Gasteiger partial charge in [0.05, 0.1) is 18.3 Å². The molecule has 26 heavy (non-hydrogen) atoms. The topological polar surface area (TPSA) is 48.0 Å². The molecule has 2 aliphatic heterocycles. The van der Waals surface area contributed by atoms with Gasteiger partial charge in [-0.25, -0.2) is 0 Å². The van der Waals surface area contributed by atoms with Crippen molar-refractivity contribution in [1.82, 2.24) is 4.90 Å². The van der Waals surface area contributed by atoms with E-state index in [2.05, 4.69) is 0 Å². The van der Waals surface area contributed by atoms with E-state index in [1.165, 1.54) is 18.4 Å². The van der Waals surface area contributed by atoms with E-state index in [1.807, 2.05) is 36.1 Å². The van der Waals surface area contributed by atoms with E-state index in [4.69, 9.17) is 14.2 Å². The van der Waals surface area contributed by atoms with Gasteiger partial charge in [0.1, 0.15) is 5.75 Å². The van der Waals surface area contributed by atoms with Crippen LogP contribution in [0.15, 0.2) is 24.3 Å². The number of ether oxygens (including phenoxy) is 3. The number of piperidine rings is 1. The first-order valence-corrected chi connectivity index (χ1v) is 9.85. The number of rotatable bonds is 6. The van der Waals surface area contributed by atoms with Gasteiger partial charge in [-0.05, 0) is 50.7 Å². The van der Waals surface area contributed by atoms with Gasteiger partial charge in [0, 0.05) is 26.1 Å². The predicted octanol–water partition coefficient (Wildman–Crippen LogP) is 2.95. The molecule has 4 rings (SSSR count). The molecule has 1 aromatic carbocycles. The highest BCUT2D eigenvalue weighted by Gasteiger charge is 2.44. The third kappa shape index (κ3) is 4.38. The molecule has 0 N–H and O–H groups in total. The van der Waals surface area contributed by atoms with Crippen LogP contribution in [0.25, 0.3) is 0 Å². The Kier molecular flexibility index (Phi) is 5.18. The molecule has 2 saturated heterocycles.